The molecule has 0 spiro atoms. The zero-order chi connectivity index (χ0) is 33.4. The summed E-state index contributed by atoms with van der Waals surface area (Å²) < 4.78 is 29.4. The molecule has 7 nitrogen and oxygen atoms in total. The Bertz CT molecular complexity index is 1770. The smallest absolute Gasteiger partial charge is 0.264 e. The molecule has 46 heavy (non-hydrogen) atoms. The molecule has 0 aromatic heterocycles. The van der Waals surface area contributed by atoms with Crippen LogP contribution in [-0.4, -0.2) is 43.8 Å². The topological polar surface area (TPSA) is 86.8 Å². The third-order valence-electron chi connectivity index (χ3n) is 7.79. The Kier molecular flexibility index (Phi) is 11.9. The number of carbonyl (C=O) groups excluding carboxylic acids is 2. The van der Waals surface area contributed by atoms with Gasteiger partial charge < -0.3 is 10.2 Å². The molecule has 10 heteroatoms. The molecule has 0 aliphatic heterocycles. The largest absolute Gasteiger partial charge is 0.352 e. The number of hydrogen-bond donors (Lipinski definition) is 1. The van der Waals surface area contributed by atoms with E-state index in [2.05, 4.69) is 5.32 Å². The molecule has 2 atom stereocenters. The van der Waals surface area contributed by atoms with E-state index in [1.54, 1.807) is 12.1 Å². The lowest BCUT2D eigenvalue weighted by atomic mass is 10.0. The number of carbonyl (C=O) groups is 2. The molecule has 0 saturated heterocycles. The molecular formula is C36H39Cl2N3O4S. The molecule has 0 aliphatic carbocycles. The molecule has 0 fully saturated rings. The van der Waals surface area contributed by atoms with Crippen LogP contribution in [0.25, 0.3) is 0 Å². The van der Waals surface area contributed by atoms with Crippen LogP contribution in [-0.2, 0) is 32.6 Å². The molecule has 4 aromatic carbocycles. The van der Waals surface area contributed by atoms with Gasteiger partial charge in [0.05, 0.1) is 20.6 Å². The molecule has 4 aromatic rings. The summed E-state index contributed by atoms with van der Waals surface area (Å²) >= 11 is 12.5. The van der Waals surface area contributed by atoms with Crippen molar-refractivity contribution in [3.05, 3.63) is 129 Å². The molecule has 0 saturated carbocycles. The van der Waals surface area contributed by atoms with E-state index in [-0.39, 0.29) is 45.5 Å². The maximum absolute atomic E-state index is 14.6. The number of benzene rings is 4. The molecule has 0 unspecified atom stereocenters. The van der Waals surface area contributed by atoms with E-state index >= 15 is 0 Å². The summed E-state index contributed by atoms with van der Waals surface area (Å²) in [4.78, 5) is 30.0. The predicted octanol–water partition coefficient (Wildman–Crippen LogP) is 7.36. The fraction of sp³-hybridized carbons (Fsp3) is 0.278. The molecule has 242 valence electrons. The van der Waals surface area contributed by atoms with E-state index in [0.717, 1.165) is 26.6 Å². The summed E-state index contributed by atoms with van der Waals surface area (Å²) in [6.45, 7) is 7.19. The van der Waals surface area contributed by atoms with Gasteiger partial charge in [0.15, 0.2) is 0 Å². The number of nitrogens with zero attached hydrogens (tertiary/aromatic N) is 2. The Balaban J connectivity index is 1.83. The number of aryl methyl sites for hydroxylation is 2. The van der Waals surface area contributed by atoms with E-state index in [9.17, 15) is 18.0 Å². The number of amides is 2. The molecule has 0 radical (unpaired) electrons. The van der Waals surface area contributed by atoms with Crippen LogP contribution in [0.15, 0.2) is 102 Å². The highest BCUT2D eigenvalue weighted by Gasteiger charge is 2.35. The number of anilines is 1. The Labute approximate surface area is 282 Å². The first-order chi connectivity index (χ1) is 21.9. The summed E-state index contributed by atoms with van der Waals surface area (Å²) in [7, 11) is -4.25. The van der Waals surface area contributed by atoms with Crippen molar-refractivity contribution in [2.24, 2.45) is 0 Å². The maximum atomic E-state index is 14.6. The van der Waals surface area contributed by atoms with Crippen LogP contribution in [0.3, 0.4) is 0 Å². The fourth-order valence-corrected chi connectivity index (χ4v) is 6.71. The Morgan fingerprint density at radius 2 is 1.48 bits per heavy atom. The van der Waals surface area contributed by atoms with Gasteiger partial charge in [-0.1, -0.05) is 108 Å². The SMILES string of the molecule is CC[C@H](C)NC(=O)[C@H](Cc1ccccc1)N(Cc1cccc(C)c1)C(=O)CN(c1ccc(Cl)c(Cl)c1)S(=O)(=O)c1ccc(C)cc1. The van der Waals surface area contributed by atoms with Crippen molar-refractivity contribution in [1.82, 2.24) is 10.2 Å². The highest BCUT2D eigenvalue weighted by Crippen LogP contribution is 2.31. The lowest BCUT2D eigenvalue weighted by Gasteiger charge is -2.34. The lowest BCUT2D eigenvalue weighted by Crippen LogP contribution is -2.54. The molecule has 4 rings (SSSR count). The van der Waals surface area contributed by atoms with E-state index < -0.39 is 28.5 Å². The zero-order valence-corrected chi connectivity index (χ0v) is 28.7. The van der Waals surface area contributed by atoms with Crippen molar-refractivity contribution in [2.75, 3.05) is 10.8 Å². The first-order valence-electron chi connectivity index (χ1n) is 15.1. The summed E-state index contributed by atoms with van der Waals surface area (Å²) in [6.07, 6.45) is 0.938. The Hall–Kier alpha value is -3.85. The molecular weight excluding hydrogens is 641 g/mol. The number of halogens is 2. The zero-order valence-electron chi connectivity index (χ0n) is 26.4. The van der Waals surface area contributed by atoms with E-state index in [0.29, 0.717) is 6.42 Å². The van der Waals surface area contributed by atoms with Gasteiger partial charge in [-0.05, 0) is 68.7 Å². The second kappa shape index (κ2) is 15.6. The molecule has 0 aliphatic rings. The van der Waals surface area contributed by atoms with Crippen LogP contribution in [0.4, 0.5) is 5.69 Å². The fourth-order valence-electron chi connectivity index (χ4n) is 5.01. The maximum Gasteiger partial charge on any atom is 0.264 e. The van der Waals surface area contributed by atoms with E-state index in [4.69, 9.17) is 23.2 Å². The monoisotopic (exact) mass is 679 g/mol. The van der Waals surface area contributed by atoms with Gasteiger partial charge >= 0.3 is 0 Å². The third kappa shape index (κ3) is 8.90. The first kappa shape index (κ1) is 35.0. The summed E-state index contributed by atoms with van der Waals surface area (Å²) in [5.41, 5.74) is 3.72. The van der Waals surface area contributed by atoms with Crippen LogP contribution in [0.5, 0.6) is 0 Å². The second-order valence-electron chi connectivity index (χ2n) is 11.5. The van der Waals surface area contributed by atoms with Gasteiger partial charge in [-0.3, -0.25) is 13.9 Å². The molecule has 1 N–H and O–H groups in total. The van der Waals surface area contributed by atoms with Gasteiger partial charge in [0.1, 0.15) is 12.6 Å². The number of rotatable bonds is 13. The Morgan fingerprint density at radius 1 is 0.804 bits per heavy atom. The van der Waals surface area contributed by atoms with Gasteiger partial charge in [-0.2, -0.15) is 0 Å². The minimum Gasteiger partial charge on any atom is -0.352 e. The van der Waals surface area contributed by atoms with Gasteiger partial charge in [0.25, 0.3) is 10.0 Å². The van der Waals surface area contributed by atoms with E-state index in [1.807, 2.05) is 82.3 Å². The molecule has 0 heterocycles. The van der Waals surface area contributed by atoms with Gasteiger partial charge in [-0.25, -0.2) is 8.42 Å². The van der Waals surface area contributed by atoms with Gasteiger partial charge in [0.2, 0.25) is 11.8 Å². The lowest BCUT2D eigenvalue weighted by molar-refractivity contribution is -0.140. The summed E-state index contributed by atoms with van der Waals surface area (Å²) in [6, 6.07) is 26.9. The second-order valence-corrected chi connectivity index (χ2v) is 14.1. The molecule has 2 amide bonds. The van der Waals surface area contributed by atoms with Crippen LogP contribution in [0.1, 0.15) is 42.5 Å². The third-order valence-corrected chi connectivity index (χ3v) is 10.3. The van der Waals surface area contributed by atoms with Crippen LogP contribution in [0.2, 0.25) is 10.0 Å². The number of nitrogens with one attached hydrogen (secondary N) is 1. The van der Waals surface area contributed by atoms with Crippen LogP contribution >= 0.6 is 23.2 Å². The van der Waals surface area contributed by atoms with Crippen molar-refractivity contribution >= 4 is 50.7 Å². The summed E-state index contributed by atoms with van der Waals surface area (Å²) in [5, 5.41) is 3.43. The van der Waals surface area contributed by atoms with E-state index in [1.165, 1.54) is 35.2 Å². The first-order valence-corrected chi connectivity index (χ1v) is 17.3. The van der Waals surface area contributed by atoms with Crippen molar-refractivity contribution in [1.29, 1.82) is 0 Å². The normalized spacial score (nSPS) is 12.7. The Morgan fingerprint density at radius 3 is 2.11 bits per heavy atom. The van der Waals surface area contributed by atoms with Crippen molar-refractivity contribution in [2.45, 2.75) is 64.1 Å². The van der Waals surface area contributed by atoms with Gasteiger partial charge in [-0.15, -0.1) is 0 Å². The number of hydrogen-bond acceptors (Lipinski definition) is 4. The minimum atomic E-state index is -4.25. The van der Waals surface area contributed by atoms with Gasteiger partial charge in [0, 0.05) is 19.0 Å². The van der Waals surface area contributed by atoms with Crippen molar-refractivity contribution < 1.29 is 18.0 Å². The highest BCUT2D eigenvalue weighted by atomic mass is 35.5. The van der Waals surface area contributed by atoms with Crippen molar-refractivity contribution in [3.63, 3.8) is 0 Å². The summed E-state index contributed by atoms with van der Waals surface area (Å²) in [5.74, 6) is -0.870. The minimum absolute atomic E-state index is 0.0116. The average molecular weight is 681 g/mol. The average Bonchev–Trinajstić information content (AvgIpc) is 3.03. The van der Waals surface area contributed by atoms with Crippen LogP contribution < -0.4 is 9.62 Å². The molecule has 0 bridgehead atoms. The predicted molar refractivity (Wildman–Crippen MR) is 186 cm³/mol. The highest BCUT2D eigenvalue weighted by molar-refractivity contribution is 7.92. The van der Waals surface area contributed by atoms with Crippen molar-refractivity contribution in [3.8, 4) is 0 Å². The quantitative estimate of drug-likeness (QED) is 0.160. The standard InChI is InChI=1S/C36H39Cl2N3O4S/c1-5-27(4)39-36(43)34(21-28-11-7-6-8-12-28)40(23-29-13-9-10-26(3)20-29)35(42)24-41(30-16-19-32(37)33(38)22-30)46(44,45)31-17-14-25(2)15-18-31/h6-20,22,27,34H,5,21,23-24H2,1-4H3,(H,39,43)/t27-,34-/m0/s1. The van der Waals surface area contributed by atoms with Crippen LogP contribution in [0, 0.1) is 13.8 Å². The number of sulfonamides is 1.